The van der Waals surface area contributed by atoms with Crippen molar-refractivity contribution in [1.82, 2.24) is 10.2 Å². The van der Waals surface area contributed by atoms with Gasteiger partial charge in [-0.1, -0.05) is 13.3 Å². The van der Waals surface area contributed by atoms with Crippen molar-refractivity contribution in [1.29, 1.82) is 0 Å². The summed E-state index contributed by atoms with van der Waals surface area (Å²) in [5.74, 6) is 0.205. The lowest BCUT2D eigenvalue weighted by molar-refractivity contribution is -0.126. The number of primary amides is 1. The Morgan fingerprint density at radius 3 is 2.50 bits per heavy atom. The molecule has 0 bridgehead atoms. The average molecular weight is 283 g/mol. The van der Waals surface area contributed by atoms with Crippen LogP contribution in [0.1, 0.15) is 60.3 Å². The third kappa shape index (κ3) is 3.95. The highest BCUT2D eigenvalue weighted by atomic mass is 16.1. The summed E-state index contributed by atoms with van der Waals surface area (Å²) < 4.78 is 0. The van der Waals surface area contributed by atoms with E-state index in [1.54, 1.807) is 0 Å². The van der Waals surface area contributed by atoms with Gasteiger partial charge in [-0.2, -0.15) is 0 Å². The molecule has 0 aliphatic heterocycles. The van der Waals surface area contributed by atoms with Gasteiger partial charge in [0.2, 0.25) is 5.91 Å². The number of hydrogen-bond acceptors (Lipinski definition) is 3. The number of nitrogens with two attached hydrogens (primary N) is 1. The highest BCUT2D eigenvalue weighted by Crippen LogP contribution is 2.38. The molecule has 2 unspecified atom stereocenters. The Kier molecular flexibility index (Phi) is 6.46. The molecule has 1 rings (SSSR count). The first kappa shape index (κ1) is 17.4. The third-order valence-electron chi connectivity index (χ3n) is 4.71. The Bertz CT molecular complexity index is 317. The number of amides is 1. The number of nitrogens with one attached hydrogen (secondary N) is 1. The minimum absolute atomic E-state index is 0.165. The van der Waals surface area contributed by atoms with E-state index in [2.05, 4.69) is 44.8 Å². The largest absolute Gasteiger partial charge is 0.368 e. The molecule has 0 spiro atoms. The highest BCUT2D eigenvalue weighted by Gasteiger charge is 2.47. The van der Waals surface area contributed by atoms with Crippen LogP contribution in [-0.4, -0.2) is 41.5 Å². The normalized spacial score (nSPS) is 26.9. The monoisotopic (exact) mass is 283 g/mol. The van der Waals surface area contributed by atoms with Crippen LogP contribution in [0, 0.1) is 5.92 Å². The first-order valence-electron chi connectivity index (χ1n) is 8.15. The molecule has 0 heterocycles. The molecule has 118 valence electrons. The maximum absolute atomic E-state index is 12.1. The molecular formula is C16H33N3O. The van der Waals surface area contributed by atoms with Gasteiger partial charge in [-0.15, -0.1) is 0 Å². The molecular weight excluding hydrogens is 250 g/mol. The van der Waals surface area contributed by atoms with E-state index in [0.717, 1.165) is 38.8 Å². The molecule has 4 nitrogen and oxygen atoms in total. The van der Waals surface area contributed by atoms with Crippen molar-refractivity contribution in [3.05, 3.63) is 0 Å². The van der Waals surface area contributed by atoms with Crippen molar-refractivity contribution in [2.45, 2.75) is 77.9 Å². The fourth-order valence-corrected chi connectivity index (χ4v) is 3.67. The van der Waals surface area contributed by atoms with E-state index in [4.69, 9.17) is 5.73 Å². The van der Waals surface area contributed by atoms with Crippen LogP contribution in [0.15, 0.2) is 0 Å². The lowest BCUT2D eigenvalue weighted by Gasteiger charge is -2.37. The summed E-state index contributed by atoms with van der Waals surface area (Å²) in [4.78, 5) is 14.5. The zero-order valence-corrected chi connectivity index (χ0v) is 13.9. The molecule has 0 aromatic rings. The van der Waals surface area contributed by atoms with E-state index in [9.17, 15) is 4.79 Å². The van der Waals surface area contributed by atoms with Crippen LogP contribution in [0.2, 0.25) is 0 Å². The van der Waals surface area contributed by atoms with Crippen molar-refractivity contribution < 1.29 is 4.79 Å². The number of hydrogen-bond donors (Lipinski definition) is 2. The Morgan fingerprint density at radius 1 is 1.40 bits per heavy atom. The second-order valence-corrected chi connectivity index (χ2v) is 6.73. The molecule has 1 aliphatic rings. The second-order valence-electron chi connectivity index (χ2n) is 6.73. The summed E-state index contributed by atoms with van der Waals surface area (Å²) in [6.07, 6.45) is 4.15. The van der Waals surface area contributed by atoms with Crippen LogP contribution in [-0.2, 0) is 4.79 Å². The molecule has 0 radical (unpaired) electrons. The maximum Gasteiger partial charge on any atom is 0.238 e. The van der Waals surface area contributed by atoms with Crippen LogP contribution in [0.3, 0.4) is 0 Å². The molecule has 2 atom stereocenters. The lowest BCUT2D eigenvalue weighted by atomic mass is 9.83. The van der Waals surface area contributed by atoms with Crippen molar-refractivity contribution >= 4 is 5.91 Å². The summed E-state index contributed by atoms with van der Waals surface area (Å²) in [5.41, 5.74) is 5.27. The minimum Gasteiger partial charge on any atom is -0.368 e. The van der Waals surface area contributed by atoms with E-state index < -0.39 is 5.54 Å². The summed E-state index contributed by atoms with van der Waals surface area (Å²) in [7, 11) is 0. The zero-order valence-electron chi connectivity index (χ0n) is 13.9. The zero-order chi connectivity index (χ0) is 15.3. The Morgan fingerprint density at radius 2 is 2.05 bits per heavy atom. The molecule has 3 N–H and O–H groups in total. The predicted molar refractivity (Wildman–Crippen MR) is 84.5 cm³/mol. The minimum atomic E-state index is -0.482. The third-order valence-corrected chi connectivity index (χ3v) is 4.71. The van der Waals surface area contributed by atoms with Gasteiger partial charge in [0.05, 0.1) is 0 Å². The fourth-order valence-electron chi connectivity index (χ4n) is 3.67. The van der Waals surface area contributed by atoms with Gasteiger partial charge in [-0.3, -0.25) is 4.79 Å². The molecule has 1 saturated carbocycles. The molecule has 0 aromatic heterocycles. The number of nitrogens with zero attached hydrogens (tertiary/aromatic N) is 1. The Labute approximate surface area is 124 Å². The molecule has 1 aliphatic carbocycles. The number of carbonyl (C=O) groups excluding carboxylic acids is 1. The SMILES string of the molecule is CCN(CCC1CCCC1(NC(C)C)C(N)=O)C(C)C. The van der Waals surface area contributed by atoms with Crippen molar-refractivity contribution in [2.24, 2.45) is 11.7 Å². The van der Waals surface area contributed by atoms with Crippen LogP contribution in [0.5, 0.6) is 0 Å². The van der Waals surface area contributed by atoms with Crippen LogP contribution >= 0.6 is 0 Å². The van der Waals surface area contributed by atoms with Crippen LogP contribution < -0.4 is 11.1 Å². The summed E-state index contributed by atoms with van der Waals surface area (Å²) in [6, 6.07) is 0.845. The fraction of sp³-hybridized carbons (Fsp3) is 0.938. The molecule has 20 heavy (non-hydrogen) atoms. The van der Waals surface area contributed by atoms with Gasteiger partial charge in [-0.05, 0) is 66.0 Å². The van der Waals surface area contributed by atoms with Gasteiger partial charge in [0.1, 0.15) is 5.54 Å². The van der Waals surface area contributed by atoms with E-state index in [-0.39, 0.29) is 11.9 Å². The molecule has 0 saturated heterocycles. The summed E-state index contributed by atoms with van der Waals surface area (Å²) in [5, 5.41) is 3.48. The predicted octanol–water partition coefficient (Wildman–Crippen LogP) is 2.13. The van der Waals surface area contributed by atoms with Crippen molar-refractivity contribution in [2.75, 3.05) is 13.1 Å². The first-order valence-corrected chi connectivity index (χ1v) is 8.15. The van der Waals surface area contributed by atoms with Gasteiger partial charge in [0.25, 0.3) is 0 Å². The van der Waals surface area contributed by atoms with Gasteiger partial charge in [0, 0.05) is 12.1 Å². The van der Waals surface area contributed by atoms with E-state index in [1.807, 2.05) is 0 Å². The van der Waals surface area contributed by atoms with E-state index in [1.165, 1.54) is 0 Å². The van der Waals surface area contributed by atoms with Gasteiger partial charge < -0.3 is 16.0 Å². The molecule has 1 fully saturated rings. The Balaban J connectivity index is 2.73. The second kappa shape index (κ2) is 7.41. The topological polar surface area (TPSA) is 58.4 Å². The summed E-state index contributed by atoms with van der Waals surface area (Å²) >= 11 is 0. The average Bonchev–Trinajstić information content (AvgIpc) is 2.73. The van der Waals surface area contributed by atoms with Gasteiger partial charge in [0.15, 0.2) is 0 Å². The quantitative estimate of drug-likeness (QED) is 0.717. The smallest absolute Gasteiger partial charge is 0.238 e. The molecule has 4 heteroatoms. The molecule has 0 aromatic carbocycles. The Hall–Kier alpha value is -0.610. The molecule has 1 amide bonds. The summed E-state index contributed by atoms with van der Waals surface area (Å²) in [6.45, 7) is 12.9. The van der Waals surface area contributed by atoms with Gasteiger partial charge >= 0.3 is 0 Å². The van der Waals surface area contributed by atoms with Crippen LogP contribution in [0.4, 0.5) is 0 Å². The van der Waals surface area contributed by atoms with Gasteiger partial charge in [-0.25, -0.2) is 0 Å². The van der Waals surface area contributed by atoms with Crippen molar-refractivity contribution in [3.63, 3.8) is 0 Å². The number of rotatable bonds is 8. The van der Waals surface area contributed by atoms with E-state index in [0.29, 0.717) is 12.0 Å². The lowest BCUT2D eigenvalue weighted by Crippen LogP contribution is -2.60. The first-order chi connectivity index (χ1) is 9.33. The highest BCUT2D eigenvalue weighted by molar-refractivity contribution is 5.85. The van der Waals surface area contributed by atoms with Crippen molar-refractivity contribution in [3.8, 4) is 0 Å². The standard InChI is InChI=1S/C16H33N3O/c1-6-19(13(4)5)11-9-14-8-7-10-16(14,15(17)20)18-12(2)3/h12-14,18H,6-11H2,1-5H3,(H2,17,20). The maximum atomic E-state index is 12.1. The number of carbonyl (C=O) groups is 1. The van der Waals surface area contributed by atoms with Crippen LogP contribution in [0.25, 0.3) is 0 Å². The van der Waals surface area contributed by atoms with E-state index >= 15 is 0 Å².